The highest BCUT2D eigenvalue weighted by molar-refractivity contribution is 5.92. The summed E-state index contributed by atoms with van der Waals surface area (Å²) in [6, 6.07) is 9.21. The lowest BCUT2D eigenvalue weighted by Crippen LogP contribution is -2.34. The molecule has 0 spiro atoms. The van der Waals surface area contributed by atoms with Crippen molar-refractivity contribution in [2.45, 2.75) is 25.5 Å². The molecule has 1 aromatic carbocycles. The third-order valence-corrected chi connectivity index (χ3v) is 4.67. The Morgan fingerprint density at radius 2 is 2.23 bits per heavy atom. The van der Waals surface area contributed by atoms with Crippen LogP contribution in [0.2, 0.25) is 0 Å². The van der Waals surface area contributed by atoms with Gasteiger partial charge in [-0.25, -0.2) is 9.78 Å². The molecule has 4 rings (SSSR count). The fourth-order valence-corrected chi connectivity index (χ4v) is 3.40. The molecule has 26 heavy (non-hydrogen) atoms. The zero-order valence-electron chi connectivity index (χ0n) is 14.4. The van der Waals surface area contributed by atoms with Gasteiger partial charge in [-0.1, -0.05) is 12.1 Å². The van der Waals surface area contributed by atoms with E-state index in [4.69, 9.17) is 9.47 Å². The smallest absolute Gasteiger partial charge is 0.330 e. The molecule has 3 aromatic rings. The van der Waals surface area contributed by atoms with Crippen LogP contribution in [0.4, 0.5) is 0 Å². The second-order valence-corrected chi connectivity index (χ2v) is 6.29. The fraction of sp³-hybridized carbons (Fsp3) is 0.316. The summed E-state index contributed by atoms with van der Waals surface area (Å²) in [6.07, 6.45) is 3.44. The Labute approximate surface area is 149 Å². The molecule has 0 saturated carbocycles. The van der Waals surface area contributed by atoms with Gasteiger partial charge < -0.3 is 9.47 Å². The normalized spacial score (nSPS) is 16.9. The highest BCUT2D eigenvalue weighted by Gasteiger charge is 2.20. The monoisotopic (exact) mass is 353 g/mol. The second-order valence-electron chi connectivity index (χ2n) is 6.29. The molecule has 1 N–H and O–H groups in total. The number of nitrogens with zero attached hydrogens (tertiary/aromatic N) is 2. The molecule has 1 atom stereocenters. The largest absolute Gasteiger partial charge is 0.497 e. The number of nitrogens with one attached hydrogen (secondary N) is 1. The Hall–Kier alpha value is -2.93. The molecule has 0 amide bonds. The average Bonchev–Trinajstić information content (AvgIpc) is 3.18. The summed E-state index contributed by atoms with van der Waals surface area (Å²) < 4.78 is 12.4. The van der Waals surface area contributed by atoms with Crippen molar-refractivity contribution in [3.8, 4) is 16.9 Å². The van der Waals surface area contributed by atoms with Crippen LogP contribution < -0.4 is 16.0 Å². The second kappa shape index (κ2) is 6.76. The summed E-state index contributed by atoms with van der Waals surface area (Å²) in [7, 11) is 1.59. The van der Waals surface area contributed by atoms with Crippen LogP contribution in [0.5, 0.6) is 5.75 Å². The Bertz CT molecular complexity index is 1060. The first kappa shape index (κ1) is 16.5. The number of methoxy groups -OCH3 is 1. The number of H-pyrrole nitrogens is 1. The van der Waals surface area contributed by atoms with Gasteiger partial charge >= 0.3 is 5.69 Å². The van der Waals surface area contributed by atoms with Crippen LogP contribution >= 0.6 is 0 Å². The number of aromatic amines is 1. The first-order valence-electron chi connectivity index (χ1n) is 8.55. The van der Waals surface area contributed by atoms with Crippen LogP contribution in [0.3, 0.4) is 0 Å². The van der Waals surface area contributed by atoms with Crippen molar-refractivity contribution < 1.29 is 9.47 Å². The summed E-state index contributed by atoms with van der Waals surface area (Å²) in [5.41, 5.74) is 0.989. The van der Waals surface area contributed by atoms with E-state index in [1.165, 1.54) is 4.57 Å². The number of pyridine rings is 1. The van der Waals surface area contributed by atoms with E-state index in [0.717, 1.165) is 18.4 Å². The van der Waals surface area contributed by atoms with E-state index in [1.54, 1.807) is 19.4 Å². The van der Waals surface area contributed by atoms with E-state index in [0.29, 0.717) is 35.5 Å². The average molecular weight is 353 g/mol. The lowest BCUT2D eigenvalue weighted by atomic mass is 10.0. The van der Waals surface area contributed by atoms with E-state index in [9.17, 15) is 9.59 Å². The van der Waals surface area contributed by atoms with Crippen molar-refractivity contribution in [2.24, 2.45) is 0 Å². The van der Waals surface area contributed by atoms with Gasteiger partial charge in [-0.15, -0.1) is 0 Å². The molecule has 3 heterocycles. The molecule has 0 bridgehead atoms. The Morgan fingerprint density at radius 1 is 1.35 bits per heavy atom. The van der Waals surface area contributed by atoms with Crippen molar-refractivity contribution in [1.82, 2.24) is 14.5 Å². The highest BCUT2D eigenvalue weighted by atomic mass is 16.5. The van der Waals surface area contributed by atoms with Crippen LogP contribution in [-0.2, 0) is 11.3 Å². The molecule has 7 nitrogen and oxygen atoms in total. The summed E-state index contributed by atoms with van der Waals surface area (Å²) >= 11 is 0. The molecule has 1 aliphatic rings. The van der Waals surface area contributed by atoms with Gasteiger partial charge in [0.1, 0.15) is 11.4 Å². The van der Waals surface area contributed by atoms with E-state index < -0.39 is 11.2 Å². The first-order chi connectivity index (χ1) is 12.7. The van der Waals surface area contributed by atoms with Gasteiger partial charge in [0, 0.05) is 12.8 Å². The van der Waals surface area contributed by atoms with Gasteiger partial charge in [0.15, 0.2) is 0 Å². The van der Waals surface area contributed by atoms with Crippen LogP contribution in [-0.4, -0.2) is 34.4 Å². The van der Waals surface area contributed by atoms with E-state index in [-0.39, 0.29) is 6.10 Å². The molecule has 0 unspecified atom stereocenters. The predicted molar refractivity (Wildman–Crippen MR) is 97.6 cm³/mol. The SMILES string of the molecule is COc1cccc(-c2ccnc3c2c(=O)[nH]c(=O)n3C[C@@H]2CCCO2)c1. The zero-order valence-corrected chi connectivity index (χ0v) is 14.4. The van der Waals surface area contributed by atoms with Gasteiger partial charge in [-0.05, 0) is 42.2 Å². The first-order valence-corrected chi connectivity index (χ1v) is 8.55. The Morgan fingerprint density at radius 3 is 3.00 bits per heavy atom. The molecule has 1 aliphatic heterocycles. The van der Waals surface area contributed by atoms with Gasteiger partial charge in [-0.2, -0.15) is 0 Å². The Kier molecular flexibility index (Phi) is 4.30. The summed E-state index contributed by atoms with van der Waals surface area (Å²) in [5.74, 6) is 0.691. The summed E-state index contributed by atoms with van der Waals surface area (Å²) in [6.45, 7) is 1.07. The van der Waals surface area contributed by atoms with Gasteiger partial charge in [-0.3, -0.25) is 14.3 Å². The topological polar surface area (TPSA) is 86.2 Å². The highest BCUT2D eigenvalue weighted by Crippen LogP contribution is 2.27. The lowest BCUT2D eigenvalue weighted by Gasteiger charge is -2.14. The minimum atomic E-state index is -0.465. The van der Waals surface area contributed by atoms with Crippen LogP contribution in [0.15, 0.2) is 46.1 Å². The number of hydrogen-bond acceptors (Lipinski definition) is 5. The number of benzene rings is 1. The standard InChI is InChI=1S/C19H19N3O4/c1-25-13-5-2-4-12(10-13)15-7-8-20-17-16(15)18(23)21-19(24)22(17)11-14-6-3-9-26-14/h2,4-5,7-8,10,14H,3,6,9,11H2,1H3,(H,21,23,24)/t14-/m0/s1. The molecule has 0 radical (unpaired) electrons. The molecule has 1 fully saturated rings. The van der Waals surface area contributed by atoms with E-state index in [2.05, 4.69) is 9.97 Å². The molecular formula is C19H19N3O4. The van der Waals surface area contributed by atoms with Crippen molar-refractivity contribution in [3.05, 3.63) is 57.4 Å². The molecule has 2 aromatic heterocycles. The number of ether oxygens (including phenoxy) is 2. The maximum atomic E-state index is 12.6. The third kappa shape index (κ3) is 2.90. The number of fused-ring (bicyclic) bond motifs is 1. The van der Waals surface area contributed by atoms with Crippen molar-refractivity contribution in [2.75, 3.05) is 13.7 Å². The van der Waals surface area contributed by atoms with Crippen LogP contribution in [0, 0.1) is 0 Å². The quantitative estimate of drug-likeness (QED) is 0.775. The van der Waals surface area contributed by atoms with Gasteiger partial charge in [0.2, 0.25) is 0 Å². The van der Waals surface area contributed by atoms with Crippen molar-refractivity contribution >= 4 is 11.0 Å². The molecule has 0 aliphatic carbocycles. The zero-order chi connectivity index (χ0) is 18.1. The summed E-state index contributed by atoms with van der Waals surface area (Å²) in [4.78, 5) is 31.7. The Balaban J connectivity index is 1.93. The van der Waals surface area contributed by atoms with Gasteiger partial charge in [0.05, 0.1) is 25.1 Å². The number of rotatable bonds is 4. The predicted octanol–water partition coefficient (Wildman–Crippen LogP) is 1.94. The van der Waals surface area contributed by atoms with Crippen LogP contribution in [0.25, 0.3) is 22.2 Å². The van der Waals surface area contributed by atoms with E-state index in [1.807, 2.05) is 24.3 Å². The van der Waals surface area contributed by atoms with Gasteiger partial charge in [0.25, 0.3) is 5.56 Å². The van der Waals surface area contributed by atoms with Crippen LogP contribution in [0.1, 0.15) is 12.8 Å². The maximum absolute atomic E-state index is 12.6. The molecule has 7 heteroatoms. The number of aromatic nitrogens is 3. The minimum Gasteiger partial charge on any atom is -0.497 e. The van der Waals surface area contributed by atoms with Crippen molar-refractivity contribution in [3.63, 3.8) is 0 Å². The molecular weight excluding hydrogens is 334 g/mol. The lowest BCUT2D eigenvalue weighted by molar-refractivity contribution is 0.0967. The summed E-state index contributed by atoms with van der Waals surface area (Å²) in [5, 5.41) is 0.387. The van der Waals surface area contributed by atoms with E-state index >= 15 is 0 Å². The van der Waals surface area contributed by atoms with Crippen molar-refractivity contribution in [1.29, 1.82) is 0 Å². The minimum absolute atomic E-state index is 0.0379. The number of hydrogen-bond donors (Lipinski definition) is 1. The fourth-order valence-electron chi connectivity index (χ4n) is 3.40. The third-order valence-electron chi connectivity index (χ3n) is 4.67. The molecule has 134 valence electrons. The molecule has 1 saturated heterocycles. The maximum Gasteiger partial charge on any atom is 0.330 e.